The Hall–Kier alpha value is -1.94. The highest BCUT2D eigenvalue weighted by Gasteiger charge is 2.03. The van der Waals surface area contributed by atoms with Gasteiger partial charge in [-0.3, -0.25) is 0 Å². The molecule has 0 spiro atoms. The maximum atomic E-state index is 5.25. The van der Waals surface area contributed by atoms with Gasteiger partial charge in [0.15, 0.2) is 5.11 Å². The molecule has 0 aliphatic carbocycles. The van der Waals surface area contributed by atoms with Crippen molar-refractivity contribution in [1.29, 1.82) is 0 Å². The first-order valence-electron chi connectivity index (χ1n) is 6.06. The number of benzene rings is 2. The summed E-state index contributed by atoms with van der Waals surface area (Å²) in [7, 11) is 5.67. The molecule has 0 aromatic heterocycles. The van der Waals surface area contributed by atoms with Crippen LogP contribution in [-0.2, 0) is 0 Å². The molecule has 0 unspecified atom stereocenters. The van der Waals surface area contributed by atoms with E-state index >= 15 is 0 Å². The van der Waals surface area contributed by atoms with Gasteiger partial charge in [-0.25, -0.2) is 5.01 Å². The van der Waals surface area contributed by atoms with Gasteiger partial charge in [0.1, 0.15) is 0 Å². The van der Waals surface area contributed by atoms with Crippen LogP contribution in [0.1, 0.15) is 5.56 Å². The molecule has 98 valence electrons. The number of hydrazone groups is 1. The summed E-state index contributed by atoms with van der Waals surface area (Å²) in [4.78, 5) is 1.86. The summed E-state index contributed by atoms with van der Waals surface area (Å²) < 4.78 is 0. The van der Waals surface area contributed by atoms with Crippen LogP contribution in [0, 0.1) is 0 Å². The molecule has 2 rings (SSSR count). The molecule has 0 saturated heterocycles. The van der Waals surface area contributed by atoms with E-state index in [9.17, 15) is 0 Å². The second kappa shape index (κ2) is 5.80. The van der Waals surface area contributed by atoms with Gasteiger partial charge in [0.25, 0.3) is 0 Å². The zero-order valence-electron chi connectivity index (χ0n) is 11.4. The summed E-state index contributed by atoms with van der Waals surface area (Å²) in [6.07, 6.45) is 1.85. The summed E-state index contributed by atoms with van der Waals surface area (Å²) in [5.41, 5.74) is 1.09. The van der Waals surface area contributed by atoms with Crippen molar-refractivity contribution >= 4 is 34.3 Å². The molecule has 19 heavy (non-hydrogen) atoms. The number of hydrogen-bond acceptors (Lipinski definition) is 2. The van der Waals surface area contributed by atoms with Crippen LogP contribution in [-0.4, -0.2) is 42.4 Å². The van der Waals surface area contributed by atoms with E-state index in [4.69, 9.17) is 12.2 Å². The van der Waals surface area contributed by atoms with Gasteiger partial charge in [-0.05, 0) is 23.0 Å². The van der Waals surface area contributed by atoms with E-state index in [2.05, 4.69) is 29.4 Å². The fraction of sp³-hybridized carbons (Fsp3) is 0.200. The predicted octanol–water partition coefficient (Wildman–Crippen LogP) is 2.95. The molecule has 0 saturated carbocycles. The normalized spacial score (nSPS) is 10.9. The Balaban J connectivity index is 2.29. The number of fused-ring (bicyclic) bond motifs is 1. The lowest BCUT2D eigenvalue weighted by Gasteiger charge is -2.20. The van der Waals surface area contributed by atoms with Crippen molar-refractivity contribution in [2.75, 3.05) is 21.1 Å². The number of nitrogens with zero attached hydrogens (tertiary/aromatic N) is 3. The van der Waals surface area contributed by atoms with Gasteiger partial charge in [-0.15, -0.1) is 0 Å². The quantitative estimate of drug-likeness (QED) is 0.475. The van der Waals surface area contributed by atoms with Crippen LogP contribution in [0.25, 0.3) is 10.8 Å². The SMILES string of the molecule is CN(C)C(=S)N(C)/N=C\c1cccc2ccccc12. The smallest absolute Gasteiger partial charge is 0.191 e. The van der Waals surface area contributed by atoms with E-state index in [0.29, 0.717) is 5.11 Å². The average molecular weight is 271 g/mol. The molecule has 0 aliphatic rings. The minimum absolute atomic E-state index is 0.677. The molecule has 0 heterocycles. The molecule has 2 aromatic carbocycles. The van der Waals surface area contributed by atoms with Crippen molar-refractivity contribution in [2.45, 2.75) is 0 Å². The van der Waals surface area contributed by atoms with Crippen molar-refractivity contribution < 1.29 is 0 Å². The first-order chi connectivity index (χ1) is 9.09. The molecule has 3 nitrogen and oxygen atoms in total. The Morgan fingerprint density at radius 3 is 2.47 bits per heavy atom. The first kappa shape index (κ1) is 13.5. The summed E-state index contributed by atoms with van der Waals surface area (Å²) in [6.45, 7) is 0. The van der Waals surface area contributed by atoms with Crippen LogP contribution in [0.15, 0.2) is 47.6 Å². The third-order valence-electron chi connectivity index (χ3n) is 2.85. The lowest BCUT2D eigenvalue weighted by Crippen LogP contribution is -2.32. The van der Waals surface area contributed by atoms with E-state index in [1.807, 2.05) is 50.5 Å². The Morgan fingerprint density at radius 2 is 1.74 bits per heavy atom. The molecule has 4 heteroatoms. The molecule has 0 amide bonds. The van der Waals surface area contributed by atoms with Gasteiger partial charge in [-0.2, -0.15) is 5.10 Å². The summed E-state index contributed by atoms with van der Waals surface area (Å²) in [5, 5.41) is 9.16. The summed E-state index contributed by atoms with van der Waals surface area (Å²) >= 11 is 5.25. The Labute approximate surface area is 119 Å². The van der Waals surface area contributed by atoms with E-state index in [0.717, 1.165) is 5.56 Å². The van der Waals surface area contributed by atoms with Crippen molar-refractivity contribution in [3.63, 3.8) is 0 Å². The van der Waals surface area contributed by atoms with Crippen molar-refractivity contribution in [3.8, 4) is 0 Å². The second-order valence-corrected chi connectivity index (χ2v) is 4.88. The highest BCUT2D eigenvalue weighted by Crippen LogP contribution is 2.16. The van der Waals surface area contributed by atoms with Crippen molar-refractivity contribution in [2.24, 2.45) is 5.10 Å². The zero-order chi connectivity index (χ0) is 13.8. The van der Waals surface area contributed by atoms with E-state index < -0.39 is 0 Å². The van der Waals surface area contributed by atoms with Crippen molar-refractivity contribution in [1.82, 2.24) is 9.91 Å². The minimum atomic E-state index is 0.677. The van der Waals surface area contributed by atoms with Crippen LogP contribution in [0.2, 0.25) is 0 Å². The second-order valence-electron chi connectivity index (χ2n) is 4.51. The summed E-state index contributed by atoms with van der Waals surface area (Å²) in [5.74, 6) is 0. The molecule has 0 N–H and O–H groups in total. The van der Waals surface area contributed by atoms with Gasteiger partial charge in [-0.1, -0.05) is 42.5 Å². The Morgan fingerprint density at radius 1 is 1.05 bits per heavy atom. The van der Waals surface area contributed by atoms with Crippen LogP contribution < -0.4 is 0 Å². The molecule has 0 radical (unpaired) electrons. The minimum Gasteiger partial charge on any atom is -0.354 e. The van der Waals surface area contributed by atoms with Crippen LogP contribution >= 0.6 is 12.2 Å². The predicted molar refractivity (Wildman–Crippen MR) is 85.6 cm³/mol. The van der Waals surface area contributed by atoms with E-state index in [-0.39, 0.29) is 0 Å². The lowest BCUT2D eigenvalue weighted by molar-refractivity contribution is 0.462. The maximum absolute atomic E-state index is 5.25. The van der Waals surface area contributed by atoms with Gasteiger partial charge < -0.3 is 4.90 Å². The fourth-order valence-corrected chi connectivity index (χ4v) is 1.90. The maximum Gasteiger partial charge on any atom is 0.191 e. The number of rotatable bonds is 2. The fourth-order valence-electron chi connectivity index (χ4n) is 1.85. The molecular formula is C15H17N3S. The lowest BCUT2D eigenvalue weighted by atomic mass is 10.1. The topological polar surface area (TPSA) is 18.8 Å². The number of thiocarbonyl (C=S) groups is 1. The highest BCUT2D eigenvalue weighted by molar-refractivity contribution is 7.80. The zero-order valence-corrected chi connectivity index (χ0v) is 12.2. The Bertz CT molecular complexity index is 614. The van der Waals surface area contributed by atoms with Gasteiger partial charge >= 0.3 is 0 Å². The van der Waals surface area contributed by atoms with Gasteiger partial charge in [0, 0.05) is 26.7 Å². The van der Waals surface area contributed by atoms with Crippen molar-refractivity contribution in [3.05, 3.63) is 48.0 Å². The summed E-state index contributed by atoms with van der Waals surface area (Å²) in [6, 6.07) is 14.5. The van der Waals surface area contributed by atoms with E-state index in [1.54, 1.807) is 5.01 Å². The van der Waals surface area contributed by atoms with Crippen LogP contribution in [0.3, 0.4) is 0 Å². The monoisotopic (exact) mass is 271 g/mol. The van der Waals surface area contributed by atoms with Gasteiger partial charge in [0.2, 0.25) is 0 Å². The number of hydrogen-bond donors (Lipinski definition) is 0. The van der Waals surface area contributed by atoms with E-state index in [1.165, 1.54) is 10.8 Å². The third-order valence-corrected chi connectivity index (χ3v) is 3.48. The van der Waals surface area contributed by atoms with Crippen LogP contribution in [0.4, 0.5) is 0 Å². The largest absolute Gasteiger partial charge is 0.354 e. The standard InChI is InChI=1S/C15H17N3S/c1-17(2)15(19)18(3)16-11-13-9-6-8-12-7-4-5-10-14(12)13/h4-11H,1-3H3/b16-11-. The molecule has 0 fully saturated rings. The van der Waals surface area contributed by atoms with Gasteiger partial charge in [0.05, 0.1) is 6.21 Å². The highest BCUT2D eigenvalue weighted by atomic mass is 32.1. The molecule has 2 aromatic rings. The first-order valence-corrected chi connectivity index (χ1v) is 6.47. The Kier molecular flexibility index (Phi) is 4.12. The van der Waals surface area contributed by atoms with Crippen LogP contribution in [0.5, 0.6) is 0 Å². The molecular weight excluding hydrogens is 254 g/mol. The third kappa shape index (κ3) is 3.09. The molecule has 0 atom stereocenters. The molecule has 0 aliphatic heterocycles. The molecule has 0 bridgehead atoms. The average Bonchev–Trinajstić information content (AvgIpc) is 2.43.